The highest BCUT2D eigenvalue weighted by atomic mass is 15.2. The third-order valence-corrected chi connectivity index (χ3v) is 5.16. The Kier molecular flexibility index (Phi) is 6.62. The van der Waals surface area contributed by atoms with Crippen LogP contribution in [0.3, 0.4) is 0 Å². The Morgan fingerprint density at radius 3 is 2.63 bits per heavy atom. The molecule has 19 heavy (non-hydrogen) atoms. The largest absolute Gasteiger partial charge is 0.330 e. The van der Waals surface area contributed by atoms with E-state index in [9.17, 15) is 0 Å². The van der Waals surface area contributed by atoms with Gasteiger partial charge in [-0.25, -0.2) is 0 Å². The molecule has 0 aromatic carbocycles. The van der Waals surface area contributed by atoms with Gasteiger partial charge in [-0.1, -0.05) is 26.2 Å². The maximum atomic E-state index is 5.63. The smallest absolute Gasteiger partial charge is 0.0124 e. The molecule has 0 aromatic heterocycles. The minimum Gasteiger partial charge on any atom is -0.330 e. The first-order valence-electron chi connectivity index (χ1n) is 8.51. The van der Waals surface area contributed by atoms with Gasteiger partial charge in [0.15, 0.2) is 0 Å². The molecule has 1 aliphatic carbocycles. The summed E-state index contributed by atoms with van der Waals surface area (Å²) in [6.45, 7) is 9.56. The molecule has 0 amide bonds. The SMILES string of the molecule is CCC1CCCCC1N1CCCN(CCCN)CC1. The first-order chi connectivity index (χ1) is 9.35. The average Bonchev–Trinajstić information content (AvgIpc) is 2.70. The fourth-order valence-corrected chi connectivity index (χ4v) is 4.01. The molecule has 1 saturated heterocycles. The molecule has 3 heteroatoms. The molecule has 2 aliphatic rings. The van der Waals surface area contributed by atoms with Crippen LogP contribution in [0.4, 0.5) is 0 Å². The minimum atomic E-state index is 0.834. The monoisotopic (exact) mass is 267 g/mol. The molecule has 0 aromatic rings. The molecule has 3 nitrogen and oxygen atoms in total. The van der Waals surface area contributed by atoms with Crippen LogP contribution in [0, 0.1) is 5.92 Å². The van der Waals surface area contributed by atoms with Crippen molar-refractivity contribution in [1.29, 1.82) is 0 Å². The molecule has 2 atom stereocenters. The molecule has 1 heterocycles. The molecule has 2 N–H and O–H groups in total. The molecule has 0 radical (unpaired) electrons. The van der Waals surface area contributed by atoms with Gasteiger partial charge in [-0.2, -0.15) is 0 Å². The van der Waals surface area contributed by atoms with E-state index in [0.29, 0.717) is 0 Å². The zero-order valence-corrected chi connectivity index (χ0v) is 12.8. The molecular weight excluding hydrogens is 234 g/mol. The Bertz CT molecular complexity index is 244. The van der Waals surface area contributed by atoms with E-state index in [1.54, 1.807) is 0 Å². The lowest BCUT2D eigenvalue weighted by atomic mass is 9.82. The minimum absolute atomic E-state index is 0.834. The van der Waals surface area contributed by atoms with Gasteiger partial charge < -0.3 is 10.6 Å². The number of hydrogen-bond acceptors (Lipinski definition) is 3. The topological polar surface area (TPSA) is 32.5 Å². The summed E-state index contributed by atoms with van der Waals surface area (Å²) in [6.07, 6.45) is 9.70. The zero-order chi connectivity index (χ0) is 13.5. The van der Waals surface area contributed by atoms with Gasteiger partial charge in [0.2, 0.25) is 0 Å². The van der Waals surface area contributed by atoms with Crippen molar-refractivity contribution in [2.24, 2.45) is 11.7 Å². The van der Waals surface area contributed by atoms with Crippen molar-refractivity contribution in [2.75, 3.05) is 39.3 Å². The summed E-state index contributed by atoms with van der Waals surface area (Å²) in [5.74, 6) is 0.962. The van der Waals surface area contributed by atoms with Gasteiger partial charge >= 0.3 is 0 Å². The van der Waals surface area contributed by atoms with Gasteiger partial charge in [-0.15, -0.1) is 0 Å². The molecule has 112 valence electrons. The van der Waals surface area contributed by atoms with E-state index in [1.807, 2.05) is 0 Å². The summed E-state index contributed by atoms with van der Waals surface area (Å²) in [6, 6.07) is 0.883. The number of hydrogen-bond donors (Lipinski definition) is 1. The van der Waals surface area contributed by atoms with Crippen molar-refractivity contribution in [3.63, 3.8) is 0 Å². The summed E-state index contributed by atoms with van der Waals surface area (Å²) in [5.41, 5.74) is 5.63. The lowest BCUT2D eigenvalue weighted by Gasteiger charge is -2.39. The maximum Gasteiger partial charge on any atom is 0.0124 e. The Labute approximate surface area is 119 Å². The second kappa shape index (κ2) is 8.23. The fourth-order valence-electron chi connectivity index (χ4n) is 4.01. The van der Waals surface area contributed by atoms with E-state index in [4.69, 9.17) is 5.73 Å². The van der Waals surface area contributed by atoms with Crippen LogP contribution in [-0.4, -0.2) is 55.1 Å². The van der Waals surface area contributed by atoms with Gasteiger partial charge in [0, 0.05) is 19.1 Å². The molecule has 2 unspecified atom stereocenters. The van der Waals surface area contributed by atoms with Crippen molar-refractivity contribution in [3.8, 4) is 0 Å². The third kappa shape index (κ3) is 4.44. The number of nitrogens with zero attached hydrogens (tertiary/aromatic N) is 2. The van der Waals surface area contributed by atoms with E-state index in [-0.39, 0.29) is 0 Å². The molecular formula is C16H33N3. The van der Waals surface area contributed by atoms with Gasteiger partial charge in [-0.05, 0) is 57.8 Å². The zero-order valence-electron chi connectivity index (χ0n) is 12.8. The van der Waals surface area contributed by atoms with Crippen LogP contribution in [-0.2, 0) is 0 Å². The highest BCUT2D eigenvalue weighted by Crippen LogP contribution is 2.31. The average molecular weight is 267 g/mol. The second-order valence-electron chi connectivity index (χ2n) is 6.39. The van der Waals surface area contributed by atoms with Crippen LogP contribution in [0.25, 0.3) is 0 Å². The van der Waals surface area contributed by atoms with Gasteiger partial charge in [0.25, 0.3) is 0 Å². The first-order valence-corrected chi connectivity index (χ1v) is 8.51. The highest BCUT2D eigenvalue weighted by Gasteiger charge is 2.29. The Morgan fingerprint density at radius 1 is 1.00 bits per heavy atom. The number of nitrogens with two attached hydrogens (primary N) is 1. The lowest BCUT2D eigenvalue weighted by Crippen LogP contribution is -2.44. The fraction of sp³-hybridized carbons (Fsp3) is 1.00. The standard InChI is InChI=1S/C16H33N3/c1-2-15-7-3-4-8-16(15)19-12-6-11-18(13-14-19)10-5-9-17/h15-16H,2-14,17H2,1H3. The van der Waals surface area contributed by atoms with Crippen molar-refractivity contribution < 1.29 is 0 Å². The summed E-state index contributed by atoms with van der Waals surface area (Å²) in [5, 5.41) is 0. The summed E-state index contributed by atoms with van der Waals surface area (Å²) in [4.78, 5) is 5.44. The van der Waals surface area contributed by atoms with Crippen LogP contribution >= 0.6 is 0 Å². The predicted octanol–water partition coefficient (Wildman–Crippen LogP) is 2.31. The number of rotatable bonds is 5. The first kappa shape index (κ1) is 15.3. The normalized spacial score (nSPS) is 31.3. The van der Waals surface area contributed by atoms with E-state index in [0.717, 1.165) is 24.9 Å². The maximum absolute atomic E-state index is 5.63. The van der Waals surface area contributed by atoms with E-state index in [1.165, 1.54) is 71.2 Å². The molecule has 2 fully saturated rings. The molecule has 1 saturated carbocycles. The second-order valence-corrected chi connectivity index (χ2v) is 6.39. The van der Waals surface area contributed by atoms with E-state index >= 15 is 0 Å². The molecule has 1 aliphatic heterocycles. The van der Waals surface area contributed by atoms with Crippen LogP contribution < -0.4 is 5.73 Å². The summed E-state index contributed by atoms with van der Waals surface area (Å²) < 4.78 is 0. The highest BCUT2D eigenvalue weighted by molar-refractivity contribution is 4.84. The molecule has 0 bridgehead atoms. The quantitative estimate of drug-likeness (QED) is 0.830. The van der Waals surface area contributed by atoms with Gasteiger partial charge in [0.05, 0.1) is 0 Å². The van der Waals surface area contributed by atoms with E-state index < -0.39 is 0 Å². The Hall–Kier alpha value is -0.120. The third-order valence-electron chi connectivity index (χ3n) is 5.16. The van der Waals surface area contributed by atoms with E-state index in [2.05, 4.69) is 16.7 Å². The van der Waals surface area contributed by atoms with Crippen molar-refractivity contribution in [2.45, 2.75) is 57.9 Å². The van der Waals surface area contributed by atoms with Crippen molar-refractivity contribution >= 4 is 0 Å². The molecule has 0 spiro atoms. The van der Waals surface area contributed by atoms with Crippen molar-refractivity contribution in [1.82, 2.24) is 9.80 Å². The van der Waals surface area contributed by atoms with Crippen LogP contribution in [0.2, 0.25) is 0 Å². The summed E-state index contributed by atoms with van der Waals surface area (Å²) in [7, 11) is 0. The lowest BCUT2D eigenvalue weighted by molar-refractivity contribution is 0.104. The summed E-state index contributed by atoms with van der Waals surface area (Å²) >= 11 is 0. The Balaban J connectivity index is 1.83. The van der Waals surface area contributed by atoms with Crippen LogP contribution in [0.15, 0.2) is 0 Å². The predicted molar refractivity (Wildman–Crippen MR) is 82.3 cm³/mol. The van der Waals surface area contributed by atoms with Crippen molar-refractivity contribution in [3.05, 3.63) is 0 Å². The molecule has 2 rings (SSSR count). The van der Waals surface area contributed by atoms with Crippen LogP contribution in [0.1, 0.15) is 51.9 Å². The van der Waals surface area contributed by atoms with Gasteiger partial charge in [0.1, 0.15) is 0 Å². The van der Waals surface area contributed by atoms with Crippen LogP contribution in [0.5, 0.6) is 0 Å². The van der Waals surface area contributed by atoms with Gasteiger partial charge in [-0.3, -0.25) is 4.90 Å². The Morgan fingerprint density at radius 2 is 1.84 bits per heavy atom.